The van der Waals surface area contributed by atoms with Gasteiger partial charge in [0.1, 0.15) is 4.93 Å². The Morgan fingerprint density at radius 3 is 2.83 bits per heavy atom. The molecule has 1 saturated carbocycles. The van der Waals surface area contributed by atoms with E-state index in [4.69, 9.17) is 15.1 Å². The normalized spacial score (nSPS) is 33.9. The van der Waals surface area contributed by atoms with Crippen LogP contribution in [0.5, 0.6) is 0 Å². The SMILES string of the molecule is COC1(SCCO)CC(C#N)C1. The van der Waals surface area contributed by atoms with Gasteiger partial charge in [0, 0.05) is 25.7 Å². The molecule has 1 rings (SSSR count). The van der Waals surface area contributed by atoms with E-state index in [1.54, 1.807) is 18.9 Å². The van der Waals surface area contributed by atoms with Crippen LogP contribution in [0.15, 0.2) is 0 Å². The summed E-state index contributed by atoms with van der Waals surface area (Å²) >= 11 is 1.61. The minimum absolute atomic E-state index is 0.149. The van der Waals surface area contributed by atoms with Gasteiger partial charge in [0.2, 0.25) is 0 Å². The first-order valence-corrected chi connectivity index (χ1v) is 4.94. The standard InChI is InChI=1S/C8H13NO2S/c1-11-8(12-3-2-10)4-7(5-8)6-9/h7,10H,2-5H2,1H3. The van der Waals surface area contributed by atoms with E-state index in [-0.39, 0.29) is 17.5 Å². The van der Waals surface area contributed by atoms with Crippen molar-refractivity contribution in [2.24, 2.45) is 5.92 Å². The van der Waals surface area contributed by atoms with Crippen LogP contribution >= 0.6 is 11.8 Å². The van der Waals surface area contributed by atoms with E-state index < -0.39 is 0 Å². The lowest BCUT2D eigenvalue weighted by Gasteiger charge is -2.42. The van der Waals surface area contributed by atoms with Crippen LogP contribution in [0.2, 0.25) is 0 Å². The van der Waals surface area contributed by atoms with Crippen molar-refractivity contribution in [1.82, 2.24) is 0 Å². The van der Waals surface area contributed by atoms with Gasteiger partial charge in [0.15, 0.2) is 0 Å². The Morgan fingerprint density at radius 2 is 2.42 bits per heavy atom. The molecule has 4 heteroatoms. The van der Waals surface area contributed by atoms with Crippen LogP contribution in [-0.2, 0) is 4.74 Å². The molecule has 0 amide bonds. The van der Waals surface area contributed by atoms with Crippen LogP contribution in [0.4, 0.5) is 0 Å². The molecule has 68 valence electrons. The third-order valence-electron chi connectivity index (χ3n) is 2.13. The smallest absolute Gasteiger partial charge is 0.115 e. The van der Waals surface area contributed by atoms with E-state index >= 15 is 0 Å². The summed E-state index contributed by atoms with van der Waals surface area (Å²) < 4.78 is 5.31. The maximum Gasteiger partial charge on any atom is 0.115 e. The molecule has 0 atom stereocenters. The summed E-state index contributed by atoms with van der Waals surface area (Å²) in [7, 11) is 1.66. The minimum Gasteiger partial charge on any atom is -0.396 e. The van der Waals surface area contributed by atoms with Crippen molar-refractivity contribution in [2.75, 3.05) is 19.5 Å². The summed E-state index contributed by atoms with van der Waals surface area (Å²) in [6, 6.07) is 2.21. The molecule has 0 saturated heterocycles. The minimum atomic E-state index is -0.177. The zero-order valence-electron chi connectivity index (χ0n) is 7.12. The van der Waals surface area contributed by atoms with E-state index in [9.17, 15) is 0 Å². The first-order chi connectivity index (χ1) is 5.76. The molecule has 0 radical (unpaired) electrons. The van der Waals surface area contributed by atoms with E-state index in [0.717, 1.165) is 12.8 Å². The molecule has 0 heterocycles. The van der Waals surface area contributed by atoms with Crippen LogP contribution in [0.25, 0.3) is 0 Å². The number of ether oxygens (including phenoxy) is 1. The molecule has 1 aliphatic carbocycles. The predicted octanol–water partition coefficient (Wildman–Crippen LogP) is 0.988. The topological polar surface area (TPSA) is 53.2 Å². The van der Waals surface area contributed by atoms with Crippen molar-refractivity contribution in [3.05, 3.63) is 0 Å². The van der Waals surface area contributed by atoms with Gasteiger partial charge in [-0.1, -0.05) is 0 Å². The highest BCUT2D eigenvalue weighted by Crippen LogP contribution is 2.47. The van der Waals surface area contributed by atoms with Crippen LogP contribution in [0.1, 0.15) is 12.8 Å². The number of methoxy groups -OCH3 is 1. The fourth-order valence-electron chi connectivity index (χ4n) is 1.36. The van der Waals surface area contributed by atoms with Crippen molar-refractivity contribution in [3.63, 3.8) is 0 Å². The number of hydrogen-bond donors (Lipinski definition) is 1. The van der Waals surface area contributed by atoms with Crippen LogP contribution in [0, 0.1) is 17.2 Å². The Labute approximate surface area is 76.7 Å². The van der Waals surface area contributed by atoms with Crippen molar-refractivity contribution < 1.29 is 9.84 Å². The summed E-state index contributed by atoms with van der Waals surface area (Å²) in [5.41, 5.74) is 0. The van der Waals surface area contributed by atoms with Crippen molar-refractivity contribution in [2.45, 2.75) is 17.8 Å². The Hall–Kier alpha value is -0.240. The number of hydrogen-bond acceptors (Lipinski definition) is 4. The highest BCUT2D eigenvalue weighted by Gasteiger charge is 2.45. The largest absolute Gasteiger partial charge is 0.396 e. The molecule has 0 aromatic rings. The van der Waals surface area contributed by atoms with E-state index in [1.807, 2.05) is 0 Å². The van der Waals surface area contributed by atoms with E-state index in [2.05, 4.69) is 6.07 Å². The quantitative estimate of drug-likeness (QED) is 0.667. The Morgan fingerprint density at radius 1 is 1.75 bits per heavy atom. The third-order valence-corrected chi connectivity index (χ3v) is 3.54. The van der Waals surface area contributed by atoms with Gasteiger partial charge in [-0.05, 0) is 0 Å². The molecule has 0 aromatic heterocycles. The van der Waals surface area contributed by atoms with Gasteiger partial charge < -0.3 is 9.84 Å². The maximum atomic E-state index is 8.63. The molecule has 1 fully saturated rings. The molecule has 0 aromatic carbocycles. The molecule has 1 N–H and O–H groups in total. The number of aliphatic hydroxyl groups excluding tert-OH is 1. The monoisotopic (exact) mass is 187 g/mol. The summed E-state index contributed by atoms with van der Waals surface area (Å²) in [4.78, 5) is -0.177. The Bertz CT molecular complexity index is 184. The van der Waals surface area contributed by atoms with Gasteiger partial charge in [-0.2, -0.15) is 5.26 Å². The second-order valence-corrected chi connectivity index (χ2v) is 4.36. The highest BCUT2D eigenvalue weighted by molar-refractivity contribution is 8.00. The van der Waals surface area contributed by atoms with Crippen molar-refractivity contribution in [1.29, 1.82) is 5.26 Å². The number of nitriles is 1. The van der Waals surface area contributed by atoms with Gasteiger partial charge in [0.05, 0.1) is 18.6 Å². The predicted molar refractivity (Wildman–Crippen MR) is 47.6 cm³/mol. The molecule has 0 aliphatic heterocycles. The summed E-state index contributed by atoms with van der Waals surface area (Å²) in [5.74, 6) is 0.836. The first kappa shape index (κ1) is 9.85. The summed E-state index contributed by atoms with van der Waals surface area (Å²) in [5, 5.41) is 17.2. The van der Waals surface area contributed by atoms with E-state index in [1.165, 1.54) is 0 Å². The van der Waals surface area contributed by atoms with Gasteiger partial charge in [-0.15, -0.1) is 11.8 Å². The number of rotatable bonds is 4. The zero-order valence-corrected chi connectivity index (χ0v) is 7.93. The van der Waals surface area contributed by atoms with Gasteiger partial charge in [0.25, 0.3) is 0 Å². The number of nitrogens with zero attached hydrogens (tertiary/aromatic N) is 1. The second-order valence-electron chi connectivity index (χ2n) is 2.92. The average Bonchev–Trinajstić information content (AvgIpc) is 2.04. The Balaban J connectivity index is 2.32. The van der Waals surface area contributed by atoms with Crippen LogP contribution in [0.3, 0.4) is 0 Å². The molecule has 0 bridgehead atoms. The highest BCUT2D eigenvalue weighted by atomic mass is 32.2. The molecule has 12 heavy (non-hydrogen) atoms. The van der Waals surface area contributed by atoms with Crippen molar-refractivity contribution >= 4 is 11.8 Å². The molecule has 0 spiro atoms. The van der Waals surface area contributed by atoms with Crippen LogP contribution in [-0.4, -0.2) is 29.5 Å². The van der Waals surface area contributed by atoms with Gasteiger partial charge in [-0.3, -0.25) is 0 Å². The Kier molecular flexibility index (Phi) is 3.39. The van der Waals surface area contributed by atoms with E-state index in [0.29, 0.717) is 5.75 Å². The molecule has 0 unspecified atom stereocenters. The number of thioether (sulfide) groups is 1. The van der Waals surface area contributed by atoms with Crippen molar-refractivity contribution in [3.8, 4) is 6.07 Å². The molecule has 3 nitrogen and oxygen atoms in total. The lowest BCUT2D eigenvalue weighted by atomic mass is 9.83. The summed E-state index contributed by atoms with van der Waals surface area (Å²) in [6.07, 6.45) is 1.59. The van der Waals surface area contributed by atoms with Gasteiger partial charge >= 0.3 is 0 Å². The fraction of sp³-hybridized carbons (Fsp3) is 0.875. The second kappa shape index (κ2) is 4.13. The lowest BCUT2D eigenvalue weighted by Crippen LogP contribution is -2.42. The zero-order chi connectivity index (χ0) is 9.03. The molecular formula is C8H13NO2S. The maximum absolute atomic E-state index is 8.63. The first-order valence-electron chi connectivity index (χ1n) is 3.96. The third kappa shape index (κ3) is 1.92. The molecular weight excluding hydrogens is 174 g/mol. The fourth-order valence-corrected chi connectivity index (χ4v) is 2.58. The number of aliphatic hydroxyl groups is 1. The molecule has 1 aliphatic rings. The average molecular weight is 187 g/mol. The lowest BCUT2D eigenvalue weighted by molar-refractivity contribution is -0.0134. The van der Waals surface area contributed by atoms with Gasteiger partial charge in [-0.25, -0.2) is 0 Å². The summed E-state index contributed by atoms with van der Waals surface area (Å²) in [6.45, 7) is 0.174. The van der Waals surface area contributed by atoms with Crippen LogP contribution < -0.4 is 0 Å².